The Balaban J connectivity index is 2.06. The van der Waals surface area contributed by atoms with Crippen molar-refractivity contribution in [1.29, 1.82) is 0 Å². The molecular formula is C14H28N2O. The summed E-state index contributed by atoms with van der Waals surface area (Å²) in [5.41, 5.74) is 0.257. The largest absolute Gasteiger partial charge is 0.380 e. The molecule has 2 saturated heterocycles. The molecule has 0 aromatic carbocycles. The average Bonchev–Trinajstić information content (AvgIpc) is 2.30. The summed E-state index contributed by atoms with van der Waals surface area (Å²) in [6.45, 7) is 13.5. The molecule has 3 atom stereocenters. The van der Waals surface area contributed by atoms with Gasteiger partial charge in [0.15, 0.2) is 0 Å². The molecule has 0 amide bonds. The van der Waals surface area contributed by atoms with Crippen molar-refractivity contribution in [2.75, 3.05) is 26.3 Å². The number of piperazine rings is 1. The van der Waals surface area contributed by atoms with E-state index in [4.69, 9.17) is 4.74 Å². The van der Waals surface area contributed by atoms with Crippen molar-refractivity contribution in [3.63, 3.8) is 0 Å². The lowest BCUT2D eigenvalue weighted by atomic mass is 9.88. The number of hydrogen-bond donors (Lipinski definition) is 1. The molecule has 17 heavy (non-hydrogen) atoms. The van der Waals surface area contributed by atoms with Crippen molar-refractivity contribution in [2.24, 2.45) is 5.92 Å². The summed E-state index contributed by atoms with van der Waals surface area (Å²) in [6, 6.07) is 1.25. The summed E-state index contributed by atoms with van der Waals surface area (Å²) in [6.07, 6.45) is 2.49. The first kappa shape index (κ1) is 13.3. The maximum atomic E-state index is 5.72. The lowest BCUT2D eigenvalue weighted by Crippen LogP contribution is -2.65. The fourth-order valence-corrected chi connectivity index (χ4v) is 3.23. The molecule has 1 N–H and O–H groups in total. The van der Waals surface area contributed by atoms with Crippen LogP contribution in [0.1, 0.15) is 40.5 Å². The number of rotatable bonds is 2. The second-order valence-electron chi connectivity index (χ2n) is 6.41. The molecule has 2 rings (SSSR count). The molecule has 2 heterocycles. The third-order valence-electron chi connectivity index (χ3n) is 4.52. The fourth-order valence-electron chi connectivity index (χ4n) is 3.23. The Bertz CT molecular complexity index is 249. The van der Waals surface area contributed by atoms with E-state index in [2.05, 4.69) is 37.9 Å². The minimum atomic E-state index is 0.257. The van der Waals surface area contributed by atoms with Crippen LogP contribution in [0.3, 0.4) is 0 Å². The highest BCUT2D eigenvalue weighted by Crippen LogP contribution is 2.30. The van der Waals surface area contributed by atoms with Gasteiger partial charge >= 0.3 is 0 Å². The fraction of sp³-hybridized carbons (Fsp3) is 1.00. The summed E-state index contributed by atoms with van der Waals surface area (Å²) in [4.78, 5) is 2.69. The van der Waals surface area contributed by atoms with Gasteiger partial charge in [-0.3, -0.25) is 4.90 Å². The zero-order valence-corrected chi connectivity index (χ0v) is 11.8. The highest BCUT2D eigenvalue weighted by molar-refractivity contribution is 4.96. The van der Waals surface area contributed by atoms with Gasteiger partial charge in [-0.25, -0.2) is 0 Å². The van der Waals surface area contributed by atoms with Crippen LogP contribution in [0.2, 0.25) is 0 Å². The zero-order valence-electron chi connectivity index (χ0n) is 11.8. The maximum Gasteiger partial charge on any atom is 0.0647 e. The van der Waals surface area contributed by atoms with Crippen LogP contribution >= 0.6 is 0 Å². The summed E-state index contributed by atoms with van der Waals surface area (Å²) >= 11 is 0. The quantitative estimate of drug-likeness (QED) is 0.797. The third-order valence-corrected chi connectivity index (χ3v) is 4.52. The van der Waals surface area contributed by atoms with E-state index in [1.54, 1.807) is 0 Å². The molecule has 3 unspecified atom stereocenters. The third kappa shape index (κ3) is 2.83. The minimum absolute atomic E-state index is 0.257. The van der Waals surface area contributed by atoms with E-state index >= 15 is 0 Å². The van der Waals surface area contributed by atoms with Gasteiger partial charge in [-0.2, -0.15) is 0 Å². The predicted molar refractivity (Wildman–Crippen MR) is 71.3 cm³/mol. The molecular weight excluding hydrogens is 212 g/mol. The molecule has 0 aliphatic carbocycles. The SMILES string of the molecule is CC(C)C1CN(C2(C)CCCOC2)C(C)CN1. The van der Waals surface area contributed by atoms with Crippen LogP contribution in [0.15, 0.2) is 0 Å². The van der Waals surface area contributed by atoms with Crippen LogP contribution in [0.25, 0.3) is 0 Å². The molecule has 2 fully saturated rings. The highest BCUT2D eigenvalue weighted by atomic mass is 16.5. The molecule has 100 valence electrons. The van der Waals surface area contributed by atoms with E-state index in [-0.39, 0.29) is 5.54 Å². The van der Waals surface area contributed by atoms with Gasteiger partial charge in [0.2, 0.25) is 0 Å². The van der Waals surface area contributed by atoms with Crippen LogP contribution in [0.4, 0.5) is 0 Å². The number of hydrogen-bond acceptors (Lipinski definition) is 3. The monoisotopic (exact) mass is 240 g/mol. The van der Waals surface area contributed by atoms with Crippen molar-refractivity contribution in [3.05, 3.63) is 0 Å². The molecule has 0 bridgehead atoms. The van der Waals surface area contributed by atoms with Crippen LogP contribution in [0, 0.1) is 5.92 Å². The normalized spacial score (nSPS) is 40.8. The highest BCUT2D eigenvalue weighted by Gasteiger charge is 2.40. The van der Waals surface area contributed by atoms with E-state index in [1.807, 2.05) is 0 Å². The second-order valence-corrected chi connectivity index (χ2v) is 6.41. The topological polar surface area (TPSA) is 24.5 Å². The Morgan fingerprint density at radius 3 is 2.76 bits per heavy atom. The molecule has 0 spiro atoms. The number of nitrogens with zero attached hydrogens (tertiary/aromatic N) is 1. The van der Waals surface area contributed by atoms with Crippen LogP contribution in [-0.2, 0) is 4.74 Å². The Hall–Kier alpha value is -0.120. The smallest absolute Gasteiger partial charge is 0.0647 e. The second kappa shape index (κ2) is 5.25. The molecule has 0 aromatic heterocycles. The standard InChI is InChI=1S/C14H28N2O/c1-11(2)13-9-16(12(3)8-15-13)14(4)6-5-7-17-10-14/h11-13,15H,5-10H2,1-4H3. The van der Waals surface area contributed by atoms with E-state index in [0.29, 0.717) is 18.0 Å². The van der Waals surface area contributed by atoms with E-state index in [1.165, 1.54) is 19.4 Å². The predicted octanol–water partition coefficient (Wildman–Crippen LogP) is 1.87. The molecule has 0 saturated carbocycles. The summed E-state index contributed by atoms with van der Waals surface area (Å²) in [5, 5.41) is 3.67. The van der Waals surface area contributed by atoms with Gasteiger partial charge in [0.1, 0.15) is 0 Å². The van der Waals surface area contributed by atoms with Crippen molar-refractivity contribution >= 4 is 0 Å². The van der Waals surface area contributed by atoms with E-state index in [9.17, 15) is 0 Å². The maximum absolute atomic E-state index is 5.72. The van der Waals surface area contributed by atoms with E-state index in [0.717, 1.165) is 19.8 Å². The van der Waals surface area contributed by atoms with Gasteiger partial charge in [-0.05, 0) is 32.6 Å². The first-order valence-corrected chi connectivity index (χ1v) is 7.11. The first-order valence-electron chi connectivity index (χ1n) is 7.11. The van der Waals surface area contributed by atoms with Crippen molar-refractivity contribution in [3.8, 4) is 0 Å². The number of nitrogens with one attached hydrogen (secondary N) is 1. The summed E-state index contributed by atoms with van der Waals surface area (Å²) in [5.74, 6) is 0.707. The lowest BCUT2D eigenvalue weighted by molar-refractivity contribution is -0.0707. The average molecular weight is 240 g/mol. The van der Waals surface area contributed by atoms with Gasteiger partial charge in [0.25, 0.3) is 0 Å². The Kier molecular flexibility index (Phi) is 4.11. The van der Waals surface area contributed by atoms with Crippen LogP contribution in [-0.4, -0.2) is 48.8 Å². The van der Waals surface area contributed by atoms with Crippen LogP contribution < -0.4 is 5.32 Å². The molecule has 3 nitrogen and oxygen atoms in total. The Morgan fingerprint density at radius 2 is 2.18 bits per heavy atom. The summed E-state index contributed by atoms with van der Waals surface area (Å²) in [7, 11) is 0. The molecule has 2 aliphatic heterocycles. The zero-order chi connectivity index (χ0) is 12.5. The van der Waals surface area contributed by atoms with Gasteiger partial charge in [0, 0.05) is 37.3 Å². The van der Waals surface area contributed by atoms with Gasteiger partial charge < -0.3 is 10.1 Å². The van der Waals surface area contributed by atoms with Crippen LogP contribution in [0.5, 0.6) is 0 Å². The van der Waals surface area contributed by atoms with Gasteiger partial charge in [-0.1, -0.05) is 13.8 Å². The number of ether oxygens (including phenoxy) is 1. The van der Waals surface area contributed by atoms with Crippen molar-refractivity contribution in [1.82, 2.24) is 10.2 Å². The van der Waals surface area contributed by atoms with Gasteiger partial charge in [0.05, 0.1) is 6.61 Å². The first-order chi connectivity index (χ1) is 8.03. The molecule has 3 heteroatoms. The van der Waals surface area contributed by atoms with Crippen molar-refractivity contribution < 1.29 is 4.74 Å². The molecule has 2 aliphatic rings. The van der Waals surface area contributed by atoms with Crippen molar-refractivity contribution in [2.45, 2.75) is 58.2 Å². The minimum Gasteiger partial charge on any atom is -0.380 e. The summed E-state index contributed by atoms with van der Waals surface area (Å²) < 4.78 is 5.72. The van der Waals surface area contributed by atoms with E-state index < -0.39 is 0 Å². The molecule has 0 aromatic rings. The Morgan fingerprint density at radius 1 is 1.41 bits per heavy atom. The Labute approximate surface area is 106 Å². The lowest BCUT2D eigenvalue weighted by Gasteiger charge is -2.51. The molecule has 0 radical (unpaired) electrons. The van der Waals surface area contributed by atoms with Gasteiger partial charge in [-0.15, -0.1) is 0 Å².